The Morgan fingerprint density at radius 2 is 1.88 bits per heavy atom. The molecule has 0 saturated carbocycles. The van der Waals surface area contributed by atoms with E-state index >= 15 is 0 Å². The Kier molecular flexibility index (Phi) is 3.04. The van der Waals surface area contributed by atoms with Crippen LogP contribution in [0.1, 0.15) is 30.9 Å². The van der Waals surface area contributed by atoms with Crippen LogP contribution < -0.4 is 0 Å². The Labute approximate surface area is 97.2 Å². The van der Waals surface area contributed by atoms with Crippen LogP contribution in [0.4, 0.5) is 0 Å². The Morgan fingerprint density at radius 3 is 2.56 bits per heavy atom. The van der Waals surface area contributed by atoms with Crippen molar-refractivity contribution in [3.8, 4) is 11.3 Å². The van der Waals surface area contributed by atoms with E-state index in [1.54, 1.807) is 0 Å². The van der Waals surface area contributed by atoms with Gasteiger partial charge in [0.1, 0.15) is 0 Å². The van der Waals surface area contributed by atoms with E-state index in [1.807, 2.05) is 6.20 Å². The maximum atomic E-state index is 4.43. The molecule has 1 aromatic carbocycles. The van der Waals surface area contributed by atoms with Crippen LogP contribution in [-0.4, -0.2) is 4.98 Å². The molecule has 82 valence electrons. The lowest BCUT2D eigenvalue weighted by Crippen LogP contribution is -1.90. The fourth-order valence-corrected chi connectivity index (χ4v) is 1.77. The maximum absolute atomic E-state index is 4.43. The molecule has 1 aromatic heterocycles. The fraction of sp³-hybridized carbons (Fsp3) is 0.267. The Hall–Kier alpha value is -1.63. The molecular weight excluding hydrogens is 194 g/mol. The molecule has 0 amide bonds. The lowest BCUT2D eigenvalue weighted by molar-refractivity contribution is 0.864. The molecule has 0 bridgehead atoms. The second-order valence-corrected chi connectivity index (χ2v) is 4.50. The highest BCUT2D eigenvalue weighted by molar-refractivity contribution is 5.60. The van der Waals surface area contributed by atoms with E-state index in [9.17, 15) is 0 Å². The second-order valence-electron chi connectivity index (χ2n) is 4.50. The molecule has 0 aliphatic carbocycles. The summed E-state index contributed by atoms with van der Waals surface area (Å²) >= 11 is 0. The first-order chi connectivity index (χ1) is 7.66. The number of aryl methyl sites for hydroxylation is 1. The second kappa shape index (κ2) is 4.48. The quantitative estimate of drug-likeness (QED) is 0.726. The van der Waals surface area contributed by atoms with Gasteiger partial charge in [-0.25, -0.2) is 0 Å². The lowest BCUT2D eigenvalue weighted by Gasteiger charge is -2.07. The van der Waals surface area contributed by atoms with Crippen LogP contribution in [0.25, 0.3) is 11.3 Å². The van der Waals surface area contributed by atoms with Crippen LogP contribution in [0.2, 0.25) is 0 Å². The molecule has 16 heavy (non-hydrogen) atoms. The predicted molar refractivity (Wildman–Crippen MR) is 68.5 cm³/mol. The zero-order valence-corrected chi connectivity index (χ0v) is 10.1. The van der Waals surface area contributed by atoms with Gasteiger partial charge >= 0.3 is 0 Å². The van der Waals surface area contributed by atoms with Crippen LogP contribution in [0.5, 0.6) is 0 Å². The van der Waals surface area contributed by atoms with Crippen molar-refractivity contribution in [2.75, 3.05) is 0 Å². The summed E-state index contributed by atoms with van der Waals surface area (Å²) in [6, 6.07) is 12.7. The molecular formula is C15H17N. The maximum Gasteiger partial charge on any atom is 0.0704 e. The molecule has 0 N–H and O–H groups in total. The summed E-state index contributed by atoms with van der Waals surface area (Å²) in [4.78, 5) is 4.43. The summed E-state index contributed by atoms with van der Waals surface area (Å²) in [7, 11) is 0. The van der Waals surface area contributed by atoms with E-state index in [-0.39, 0.29) is 0 Å². The Morgan fingerprint density at radius 1 is 1.06 bits per heavy atom. The van der Waals surface area contributed by atoms with Crippen molar-refractivity contribution >= 4 is 0 Å². The summed E-state index contributed by atoms with van der Waals surface area (Å²) in [6.45, 7) is 6.51. The van der Waals surface area contributed by atoms with Gasteiger partial charge in [-0.15, -0.1) is 0 Å². The average Bonchev–Trinajstić information content (AvgIpc) is 2.29. The van der Waals surface area contributed by atoms with Gasteiger partial charge in [-0.1, -0.05) is 37.6 Å². The first-order valence-electron chi connectivity index (χ1n) is 5.70. The van der Waals surface area contributed by atoms with Gasteiger partial charge in [0.25, 0.3) is 0 Å². The van der Waals surface area contributed by atoms with Crippen molar-refractivity contribution in [1.29, 1.82) is 0 Å². The van der Waals surface area contributed by atoms with Gasteiger partial charge in [-0.05, 0) is 36.6 Å². The Bertz CT molecular complexity index is 486. The highest BCUT2D eigenvalue weighted by Gasteiger charge is 2.03. The summed E-state index contributed by atoms with van der Waals surface area (Å²) in [5.74, 6) is 0.548. The SMILES string of the molecule is Cc1cccc(-c2cc(C(C)C)ccn2)c1. The van der Waals surface area contributed by atoms with E-state index in [4.69, 9.17) is 0 Å². The summed E-state index contributed by atoms with van der Waals surface area (Å²) in [6.07, 6.45) is 1.90. The Balaban J connectivity index is 2.44. The van der Waals surface area contributed by atoms with Crippen molar-refractivity contribution in [2.45, 2.75) is 26.7 Å². The van der Waals surface area contributed by atoms with E-state index in [0.29, 0.717) is 5.92 Å². The van der Waals surface area contributed by atoms with Crippen LogP contribution in [0.3, 0.4) is 0 Å². The largest absolute Gasteiger partial charge is 0.256 e. The number of aromatic nitrogens is 1. The monoisotopic (exact) mass is 211 g/mol. The van der Waals surface area contributed by atoms with Crippen LogP contribution >= 0.6 is 0 Å². The lowest BCUT2D eigenvalue weighted by atomic mass is 10.0. The zero-order chi connectivity index (χ0) is 11.5. The number of rotatable bonds is 2. The number of pyridine rings is 1. The van der Waals surface area contributed by atoms with Gasteiger partial charge in [-0.3, -0.25) is 4.98 Å². The number of benzene rings is 1. The molecule has 0 atom stereocenters. The number of hydrogen-bond acceptors (Lipinski definition) is 1. The van der Waals surface area contributed by atoms with E-state index in [1.165, 1.54) is 16.7 Å². The van der Waals surface area contributed by atoms with E-state index in [2.05, 4.69) is 62.2 Å². The van der Waals surface area contributed by atoms with E-state index in [0.717, 1.165) is 5.69 Å². The predicted octanol–water partition coefficient (Wildman–Crippen LogP) is 4.18. The highest BCUT2D eigenvalue weighted by atomic mass is 14.7. The standard InChI is InChI=1S/C15H17N/c1-11(2)13-7-8-16-15(10-13)14-6-4-5-12(3)9-14/h4-11H,1-3H3. The van der Waals surface area contributed by atoms with Gasteiger partial charge in [-0.2, -0.15) is 0 Å². The average molecular weight is 211 g/mol. The molecule has 0 fully saturated rings. The molecule has 1 heteroatoms. The van der Waals surface area contributed by atoms with Gasteiger partial charge in [0.15, 0.2) is 0 Å². The topological polar surface area (TPSA) is 12.9 Å². The minimum Gasteiger partial charge on any atom is -0.256 e. The van der Waals surface area contributed by atoms with Crippen molar-refractivity contribution in [2.24, 2.45) is 0 Å². The van der Waals surface area contributed by atoms with Crippen LogP contribution in [0.15, 0.2) is 42.6 Å². The normalized spacial score (nSPS) is 10.8. The summed E-state index contributed by atoms with van der Waals surface area (Å²) in [5, 5.41) is 0. The van der Waals surface area contributed by atoms with Gasteiger partial charge in [0, 0.05) is 11.8 Å². The molecule has 1 nitrogen and oxygen atoms in total. The summed E-state index contributed by atoms with van der Waals surface area (Å²) in [5.41, 5.74) is 4.87. The molecule has 1 heterocycles. The fourth-order valence-electron chi connectivity index (χ4n) is 1.77. The molecule has 0 saturated heterocycles. The highest BCUT2D eigenvalue weighted by Crippen LogP contribution is 2.22. The molecule has 0 spiro atoms. The van der Waals surface area contributed by atoms with Crippen molar-refractivity contribution in [3.05, 3.63) is 53.7 Å². The van der Waals surface area contributed by atoms with Gasteiger partial charge in [0.05, 0.1) is 5.69 Å². The summed E-state index contributed by atoms with van der Waals surface area (Å²) < 4.78 is 0. The third kappa shape index (κ3) is 2.30. The molecule has 2 rings (SSSR count). The smallest absolute Gasteiger partial charge is 0.0704 e. The molecule has 2 aromatic rings. The first kappa shape index (κ1) is 10.9. The minimum atomic E-state index is 0.548. The first-order valence-corrected chi connectivity index (χ1v) is 5.70. The third-order valence-electron chi connectivity index (χ3n) is 2.76. The molecule has 0 unspecified atom stereocenters. The van der Waals surface area contributed by atoms with Crippen LogP contribution in [0, 0.1) is 6.92 Å². The third-order valence-corrected chi connectivity index (χ3v) is 2.76. The van der Waals surface area contributed by atoms with Crippen molar-refractivity contribution in [1.82, 2.24) is 4.98 Å². The van der Waals surface area contributed by atoms with Gasteiger partial charge in [0.2, 0.25) is 0 Å². The molecule has 0 aliphatic rings. The van der Waals surface area contributed by atoms with Crippen molar-refractivity contribution < 1.29 is 0 Å². The molecule has 0 radical (unpaired) electrons. The zero-order valence-electron chi connectivity index (χ0n) is 10.1. The number of nitrogens with zero attached hydrogens (tertiary/aromatic N) is 1. The van der Waals surface area contributed by atoms with Crippen LogP contribution in [-0.2, 0) is 0 Å². The molecule has 0 aliphatic heterocycles. The minimum absolute atomic E-state index is 0.548. The van der Waals surface area contributed by atoms with E-state index < -0.39 is 0 Å². The van der Waals surface area contributed by atoms with Crippen molar-refractivity contribution in [3.63, 3.8) is 0 Å². The van der Waals surface area contributed by atoms with Gasteiger partial charge < -0.3 is 0 Å². The number of hydrogen-bond donors (Lipinski definition) is 0.